The summed E-state index contributed by atoms with van der Waals surface area (Å²) >= 11 is 0. The molecule has 1 atom stereocenters. The predicted octanol–water partition coefficient (Wildman–Crippen LogP) is 3.10. The Morgan fingerprint density at radius 1 is 0.844 bits per heavy atom. The Morgan fingerprint density at radius 3 is 2.12 bits per heavy atom. The molecule has 0 spiro atoms. The number of hydrogen-bond acceptors (Lipinski definition) is 3. The summed E-state index contributed by atoms with van der Waals surface area (Å²) in [6, 6.07) is 14.2. The fourth-order valence-corrected chi connectivity index (χ4v) is 4.57. The van der Waals surface area contributed by atoms with E-state index in [1.165, 1.54) is 12.1 Å². The maximum atomic E-state index is 14.0. The fraction of sp³-hybridized carbons (Fsp3) is 0.400. The van der Waals surface area contributed by atoms with Crippen molar-refractivity contribution < 1.29 is 18.8 Å². The van der Waals surface area contributed by atoms with Gasteiger partial charge in [-0.3, -0.25) is 14.4 Å². The number of benzene rings is 2. The van der Waals surface area contributed by atoms with Crippen LogP contribution in [-0.2, 0) is 4.79 Å². The number of rotatable bonds is 5. The minimum absolute atomic E-state index is 0.0503. The monoisotopic (exact) mass is 437 g/mol. The van der Waals surface area contributed by atoms with Crippen molar-refractivity contribution >= 4 is 17.7 Å². The molecule has 0 radical (unpaired) electrons. The summed E-state index contributed by atoms with van der Waals surface area (Å²) in [5.41, 5.74) is 0.576. The average molecular weight is 438 g/mol. The second-order valence-electron chi connectivity index (χ2n) is 8.46. The van der Waals surface area contributed by atoms with Gasteiger partial charge in [0.2, 0.25) is 5.91 Å². The lowest BCUT2D eigenvalue weighted by Gasteiger charge is -2.37. The third-order valence-electron chi connectivity index (χ3n) is 6.41. The number of amides is 3. The third-order valence-corrected chi connectivity index (χ3v) is 6.41. The van der Waals surface area contributed by atoms with Crippen molar-refractivity contribution in [3.05, 3.63) is 71.5 Å². The Labute approximate surface area is 187 Å². The summed E-state index contributed by atoms with van der Waals surface area (Å²) < 4.78 is 14.0. The zero-order chi connectivity index (χ0) is 22.5. The van der Waals surface area contributed by atoms with Crippen LogP contribution < -0.4 is 5.32 Å². The molecule has 0 bridgehead atoms. The van der Waals surface area contributed by atoms with Crippen molar-refractivity contribution in [1.29, 1.82) is 0 Å². The fourth-order valence-electron chi connectivity index (χ4n) is 4.57. The smallest absolute Gasteiger partial charge is 0.256 e. The first-order chi connectivity index (χ1) is 15.5. The first kappa shape index (κ1) is 22.0. The molecule has 2 heterocycles. The van der Waals surface area contributed by atoms with E-state index >= 15 is 0 Å². The molecule has 4 rings (SSSR count). The quantitative estimate of drug-likeness (QED) is 0.782. The molecule has 168 valence electrons. The van der Waals surface area contributed by atoms with Crippen LogP contribution in [0.25, 0.3) is 0 Å². The minimum Gasteiger partial charge on any atom is -0.341 e. The van der Waals surface area contributed by atoms with Gasteiger partial charge in [-0.2, -0.15) is 0 Å². The highest BCUT2D eigenvalue weighted by Crippen LogP contribution is 2.25. The van der Waals surface area contributed by atoms with E-state index in [-0.39, 0.29) is 29.2 Å². The van der Waals surface area contributed by atoms with E-state index in [0.717, 1.165) is 12.8 Å². The van der Waals surface area contributed by atoms with Gasteiger partial charge in [-0.25, -0.2) is 4.39 Å². The SMILES string of the molecule is O=C(NC(C(=O)N1CCCC1)C1CCN(C(=O)c2ccccc2F)CC1)c1ccccc1. The Hall–Kier alpha value is -3.22. The summed E-state index contributed by atoms with van der Waals surface area (Å²) in [6.07, 6.45) is 3.08. The van der Waals surface area contributed by atoms with Gasteiger partial charge in [0, 0.05) is 31.7 Å². The Bertz CT molecular complexity index is 967. The van der Waals surface area contributed by atoms with Gasteiger partial charge >= 0.3 is 0 Å². The number of piperidine rings is 1. The third kappa shape index (κ3) is 4.82. The van der Waals surface area contributed by atoms with Crippen molar-refractivity contribution in [1.82, 2.24) is 15.1 Å². The van der Waals surface area contributed by atoms with Crippen molar-refractivity contribution in [2.75, 3.05) is 26.2 Å². The van der Waals surface area contributed by atoms with E-state index in [0.29, 0.717) is 44.6 Å². The average Bonchev–Trinajstić information content (AvgIpc) is 3.38. The second kappa shape index (κ2) is 9.94. The summed E-state index contributed by atoms with van der Waals surface area (Å²) in [7, 11) is 0. The van der Waals surface area contributed by atoms with Crippen LogP contribution in [0, 0.1) is 11.7 Å². The molecule has 2 saturated heterocycles. The Morgan fingerprint density at radius 2 is 1.47 bits per heavy atom. The van der Waals surface area contributed by atoms with Crippen molar-refractivity contribution in [3.63, 3.8) is 0 Å². The number of nitrogens with one attached hydrogen (secondary N) is 1. The van der Waals surface area contributed by atoms with Crippen molar-refractivity contribution in [2.24, 2.45) is 5.92 Å². The molecule has 1 unspecified atom stereocenters. The summed E-state index contributed by atoms with van der Waals surface area (Å²) in [5, 5.41) is 2.97. The largest absolute Gasteiger partial charge is 0.341 e. The molecule has 0 aromatic heterocycles. The van der Waals surface area contributed by atoms with Gasteiger partial charge in [-0.1, -0.05) is 30.3 Å². The lowest BCUT2D eigenvalue weighted by atomic mass is 9.88. The zero-order valence-corrected chi connectivity index (χ0v) is 18.0. The second-order valence-corrected chi connectivity index (χ2v) is 8.46. The number of nitrogens with zero attached hydrogens (tertiary/aromatic N) is 2. The molecule has 0 saturated carbocycles. The molecule has 6 nitrogen and oxygen atoms in total. The van der Waals surface area contributed by atoms with Crippen LogP contribution in [0.2, 0.25) is 0 Å². The highest BCUT2D eigenvalue weighted by Gasteiger charge is 2.37. The minimum atomic E-state index is -0.633. The Kier molecular flexibility index (Phi) is 6.83. The molecule has 3 amide bonds. The number of carbonyl (C=O) groups is 3. The van der Waals surface area contributed by atoms with Gasteiger partial charge in [0.25, 0.3) is 11.8 Å². The van der Waals surface area contributed by atoms with Crippen molar-refractivity contribution in [3.8, 4) is 0 Å². The lowest BCUT2D eigenvalue weighted by molar-refractivity contribution is -0.134. The molecule has 0 aliphatic carbocycles. The van der Waals surface area contributed by atoms with Crippen LogP contribution in [-0.4, -0.2) is 59.7 Å². The Balaban J connectivity index is 1.46. The molecule has 2 aromatic carbocycles. The van der Waals surface area contributed by atoms with Gasteiger partial charge in [0.05, 0.1) is 5.56 Å². The van der Waals surface area contributed by atoms with E-state index in [4.69, 9.17) is 0 Å². The summed E-state index contributed by atoms with van der Waals surface area (Å²) in [5.74, 6) is -1.27. The van der Waals surface area contributed by atoms with Crippen LogP contribution in [0.4, 0.5) is 4.39 Å². The molecule has 2 fully saturated rings. The number of halogens is 1. The zero-order valence-electron chi connectivity index (χ0n) is 18.0. The van der Waals surface area contributed by atoms with Crippen LogP contribution in [0.5, 0.6) is 0 Å². The van der Waals surface area contributed by atoms with E-state index in [1.807, 2.05) is 11.0 Å². The van der Waals surface area contributed by atoms with Gasteiger partial charge < -0.3 is 15.1 Å². The standard InChI is InChI=1S/C25H28FN3O3/c26-21-11-5-4-10-20(21)24(31)29-16-12-18(13-17-29)22(25(32)28-14-6-7-15-28)27-23(30)19-8-2-1-3-9-19/h1-5,8-11,18,22H,6-7,12-17H2,(H,27,30). The first-order valence-electron chi connectivity index (χ1n) is 11.2. The summed E-state index contributed by atoms with van der Waals surface area (Å²) in [4.78, 5) is 42.3. The number of likely N-dealkylation sites (tertiary alicyclic amines) is 2. The van der Waals surface area contributed by atoms with E-state index < -0.39 is 11.9 Å². The molecular weight excluding hydrogens is 409 g/mol. The number of carbonyl (C=O) groups excluding carboxylic acids is 3. The van der Waals surface area contributed by atoms with Crippen LogP contribution in [0.1, 0.15) is 46.4 Å². The highest BCUT2D eigenvalue weighted by atomic mass is 19.1. The molecule has 1 N–H and O–H groups in total. The van der Waals surface area contributed by atoms with Gasteiger partial charge in [0.15, 0.2) is 0 Å². The first-order valence-corrected chi connectivity index (χ1v) is 11.2. The van der Waals surface area contributed by atoms with Gasteiger partial charge in [-0.05, 0) is 55.9 Å². The topological polar surface area (TPSA) is 69.7 Å². The van der Waals surface area contributed by atoms with Crippen LogP contribution >= 0.6 is 0 Å². The molecule has 2 aromatic rings. The molecule has 2 aliphatic rings. The number of hydrogen-bond donors (Lipinski definition) is 1. The predicted molar refractivity (Wildman–Crippen MR) is 119 cm³/mol. The maximum absolute atomic E-state index is 14.0. The van der Waals surface area contributed by atoms with Crippen LogP contribution in [0.3, 0.4) is 0 Å². The van der Waals surface area contributed by atoms with E-state index in [2.05, 4.69) is 5.32 Å². The van der Waals surface area contributed by atoms with Crippen LogP contribution in [0.15, 0.2) is 54.6 Å². The van der Waals surface area contributed by atoms with Gasteiger partial charge in [0.1, 0.15) is 11.9 Å². The van der Waals surface area contributed by atoms with Crippen molar-refractivity contribution in [2.45, 2.75) is 31.7 Å². The highest BCUT2D eigenvalue weighted by molar-refractivity contribution is 5.98. The molecule has 32 heavy (non-hydrogen) atoms. The lowest BCUT2D eigenvalue weighted by Crippen LogP contribution is -2.54. The van der Waals surface area contributed by atoms with Gasteiger partial charge in [-0.15, -0.1) is 0 Å². The van der Waals surface area contributed by atoms with E-state index in [1.54, 1.807) is 41.3 Å². The molecular formula is C25H28FN3O3. The normalized spacial score (nSPS) is 17.8. The summed E-state index contributed by atoms with van der Waals surface area (Å²) in [6.45, 7) is 2.26. The maximum Gasteiger partial charge on any atom is 0.256 e. The molecule has 7 heteroatoms. The van der Waals surface area contributed by atoms with E-state index in [9.17, 15) is 18.8 Å². The molecule has 2 aliphatic heterocycles.